The van der Waals surface area contributed by atoms with Gasteiger partial charge in [0.05, 0.1) is 30.1 Å². The van der Waals surface area contributed by atoms with Crippen LogP contribution in [0.1, 0.15) is 21.5 Å². The number of anilines is 1. The van der Waals surface area contributed by atoms with Gasteiger partial charge < -0.3 is 5.32 Å². The van der Waals surface area contributed by atoms with Crippen molar-refractivity contribution in [3.63, 3.8) is 0 Å². The van der Waals surface area contributed by atoms with Crippen molar-refractivity contribution < 1.29 is 9.18 Å². The summed E-state index contributed by atoms with van der Waals surface area (Å²) in [5.41, 5.74) is 2.12. The highest BCUT2D eigenvalue weighted by molar-refractivity contribution is 6.04. The largest absolute Gasteiger partial charge is 0.319 e. The number of amides is 1. The van der Waals surface area contributed by atoms with E-state index in [9.17, 15) is 9.18 Å². The van der Waals surface area contributed by atoms with E-state index in [0.29, 0.717) is 23.4 Å². The van der Waals surface area contributed by atoms with Gasteiger partial charge in [0.15, 0.2) is 0 Å². The Balaban J connectivity index is 1.69. The van der Waals surface area contributed by atoms with Crippen LogP contribution in [-0.4, -0.2) is 15.7 Å². The van der Waals surface area contributed by atoms with Crippen LogP contribution in [0.2, 0.25) is 0 Å². The Hall–Kier alpha value is -3.46. The lowest BCUT2D eigenvalue weighted by molar-refractivity contribution is 0.102. The molecule has 3 rings (SSSR count). The van der Waals surface area contributed by atoms with Gasteiger partial charge in [-0.2, -0.15) is 10.4 Å². The minimum Gasteiger partial charge on any atom is -0.319 e. The van der Waals surface area contributed by atoms with Gasteiger partial charge in [-0.25, -0.2) is 4.39 Å². The fraction of sp³-hybridized carbons (Fsp3) is 0.0556. The first-order chi connectivity index (χ1) is 11.6. The fourth-order valence-corrected chi connectivity index (χ4v) is 2.27. The zero-order chi connectivity index (χ0) is 16.9. The summed E-state index contributed by atoms with van der Waals surface area (Å²) in [6, 6.07) is 14.7. The molecule has 1 amide bonds. The second-order valence-electron chi connectivity index (χ2n) is 5.20. The van der Waals surface area contributed by atoms with Crippen LogP contribution in [0, 0.1) is 17.1 Å². The van der Waals surface area contributed by atoms with Crippen LogP contribution >= 0.6 is 0 Å². The van der Waals surface area contributed by atoms with E-state index in [1.54, 1.807) is 41.2 Å². The summed E-state index contributed by atoms with van der Waals surface area (Å²) >= 11 is 0. The summed E-state index contributed by atoms with van der Waals surface area (Å²) in [5, 5.41) is 15.7. The van der Waals surface area contributed by atoms with Crippen molar-refractivity contribution in [2.45, 2.75) is 6.54 Å². The van der Waals surface area contributed by atoms with E-state index in [-0.39, 0.29) is 11.7 Å². The molecule has 0 atom stereocenters. The second-order valence-corrected chi connectivity index (χ2v) is 5.20. The quantitative estimate of drug-likeness (QED) is 0.802. The first kappa shape index (κ1) is 15.4. The molecule has 1 N–H and O–H groups in total. The number of hydrogen-bond acceptors (Lipinski definition) is 3. The molecule has 2 aromatic carbocycles. The van der Waals surface area contributed by atoms with E-state index in [1.807, 2.05) is 6.07 Å². The molecule has 1 aromatic heterocycles. The van der Waals surface area contributed by atoms with Gasteiger partial charge >= 0.3 is 0 Å². The molecule has 5 nitrogen and oxygen atoms in total. The number of aromatic nitrogens is 2. The minimum atomic E-state index is -0.322. The van der Waals surface area contributed by atoms with Crippen molar-refractivity contribution in [1.29, 1.82) is 5.26 Å². The maximum absolute atomic E-state index is 13.2. The van der Waals surface area contributed by atoms with E-state index in [2.05, 4.69) is 10.4 Å². The normalized spacial score (nSPS) is 10.2. The van der Waals surface area contributed by atoms with E-state index in [4.69, 9.17) is 5.26 Å². The fourth-order valence-electron chi connectivity index (χ4n) is 2.27. The predicted molar refractivity (Wildman–Crippen MR) is 86.8 cm³/mol. The highest BCUT2D eigenvalue weighted by atomic mass is 19.1. The van der Waals surface area contributed by atoms with E-state index in [0.717, 1.165) is 5.56 Å². The minimum absolute atomic E-state index is 0.300. The third-order valence-corrected chi connectivity index (χ3v) is 3.38. The molecule has 0 aliphatic heterocycles. The van der Waals surface area contributed by atoms with Crippen molar-refractivity contribution in [2.24, 2.45) is 0 Å². The van der Waals surface area contributed by atoms with Gasteiger partial charge in [0, 0.05) is 11.8 Å². The molecule has 6 heteroatoms. The Morgan fingerprint density at radius 3 is 2.88 bits per heavy atom. The van der Waals surface area contributed by atoms with Crippen LogP contribution in [0.5, 0.6) is 0 Å². The SMILES string of the molecule is N#Cc1cccc(C(=O)Nc2cnn(Cc3cccc(F)c3)c2)c1. The van der Waals surface area contributed by atoms with Crippen molar-refractivity contribution in [3.8, 4) is 6.07 Å². The molecule has 0 saturated carbocycles. The van der Waals surface area contributed by atoms with Crippen molar-refractivity contribution in [1.82, 2.24) is 9.78 Å². The Morgan fingerprint density at radius 1 is 1.25 bits per heavy atom. The molecule has 0 unspecified atom stereocenters. The average molecular weight is 320 g/mol. The lowest BCUT2D eigenvalue weighted by atomic mass is 10.1. The molecule has 24 heavy (non-hydrogen) atoms. The molecule has 0 aliphatic rings. The summed E-state index contributed by atoms with van der Waals surface area (Å²) in [5.74, 6) is -0.622. The first-order valence-corrected chi connectivity index (χ1v) is 7.22. The lowest BCUT2D eigenvalue weighted by Crippen LogP contribution is -2.11. The van der Waals surface area contributed by atoms with Gasteiger partial charge in [0.2, 0.25) is 0 Å². The number of carbonyl (C=O) groups is 1. The van der Waals surface area contributed by atoms with Crippen LogP contribution in [0.15, 0.2) is 60.9 Å². The third kappa shape index (κ3) is 3.65. The van der Waals surface area contributed by atoms with Gasteiger partial charge in [-0.1, -0.05) is 18.2 Å². The topological polar surface area (TPSA) is 70.7 Å². The maximum Gasteiger partial charge on any atom is 0.255 e. The number of benzene rings is 2. The van der Waals surface area contributed by atoms with Crippen molar-refractivity contribution >= 4 is 11.6 Å². The average Bonchev–Trinajstić information content (AvgIpc) is 3.01. The first-order valence-electron chi connectivity index (χ1n) is 7.22. The monoisotopic (exact) mass is 320 g/mol. The molecule has 3 aromatic rings. The number of nitrogens with one attached hydrogen (secondary N) is 1. The van der Waals surface area contributed by atoms with Gasteiger partial charge in [-0.15, -0.1) is 0 Å². The Bertz CT molecular complexity index is 927. The number of rotatable bonds is 4. The third-order valence-electron chi connectivity index (χ3n) is 3.38. The zero-order valence-electron chi connectivity index (χ0n) is 12.6. The maximum atomic E-state index is 13.2. The van der Waals surface area contributed by atoms with E-state index >= 15 is 0 Å². The van der Waals surface area contributed by atoms with Gasteiger partial charge in [0.1, 0.15) is 5.82 Å². The molecule has 0 bridgehead atoms. The summed E-state index contributed by atoms with van der Waals surface area (Å²) in [6.45, 7) is 0.400. The standard InChI is InChI=1S/C18H13FN4O/c19-16-6-2-4-14(8-16)11-23-12-17(10-21-23)22-18(24)15-5-1-3-13(7-15)9-20/h1-8,10,12H,11H2,(H,22,24). The molecular formula is C18H13FN4O. The number of halogens is 1. The number of nitrogens with zero attached hydrogens (tertiary/aromatic N) is 3. The Morgan fingerprint density at radius 2 is 2.08 bits per heavy atom. The summed E-state index contributed by atoms with van der Waals surface area (Å²) in [7, 11) is 0. The summed E-state index contributed by atoms with van der Waals surface area (Å²) in [4.78, 5) is 12.2. The molecule has 0 aliphatic carbocycles. The van der Waals surface area contributed by atoms with Crippen LogP contribution < -0.4 is 5.32 Å². The molecule has 1 heterocycles. The summed E-state index contributed by atoms with van der Waals surface area (Å²) < 4.78 is 14.8. The molecule has 0 fully saturated rings. The van der Waals surface area contributed by atoms with Crippen molar-refractivity contribution in [3.05, 3.63) is 83.4 Å². The van der Waals surface area contributed by atoms with Gasteiger partial charge in [-0.05, 0) is 35.9 Å². The summed E-state index contributed by atoms with van der Waals surface area (Å²) in [6.07, 6.45) is 3.18. The highest BCUT2D eigenvalue weighted by Gasteiger charge is 2.08. The lowest BCUT2D eigenvalue weighted by Gasteiger charge is -2.03. The molecule has 0 radical (unpaired) electrons. The second kappa shape index (κ2) is 6.75. The number of hydrogen-bond donors (Lipinski definition) is 1. The van der Waals surface area contributed by atoms with E-state index in [1.165, 1.54) is 24.4 Å². The van der Waals surface area contributed by atoms with Crippen LogP contribution in [0.3, 0.4) is 0 Å². The predicted octanol–water partition coefficient (Wildman–Crippen LogP) is 3.19. The molecule has 0 spiro atoms. The number of carbonyl (C=O) groups excluding carboxylic acids is 1. The van der Waals surface area contributed by atoms with Crippen LogP contribution in [0.4, 0.5) is 10.1 Å². The van der Waals surface area contributed by atoms with Gasteiger partial charge in [-0.3, -0.25) is 9.48 Å². The number of nitriles is 1. The van der Waals surface area contributed by atoms with Crippen molar-refractivity contribution in [2.75, 3.05) is 5.32 Å². The Kier molecular flexibility index (Phi) is 4.34. The zero-order valence-corrected chi connectivity index (χ0v) is 12.6. The molecule has 0 saturated heterocycles. The van der Waals surface area contributed by atoms with Crippen LogP contribution in [-0.2, 0) is 6.54 Å². The smallest absolute Gasteiger partial charge is 0.255 e. The van der Waals surface area contributed by atoms with E-state index < -0.39 is 0 Å². The van der Waals surface area contributed by atoms with Gasteiger partial charge in [0.25, 0.3) is 5.91 Å². The molecular weight excluding hydrogens is 307 g/mol. The highest BCUT2D eigenvalue weighted by Crippen LogP contribution is 2.12. The molecule has 118 valence electrons. The van der Waals surface area contributed by atoms with Crippen LogP contribution in [0.25, 0.3) is 0 Å². The Labute approximate surface area is 138 Å².